The fraction of sp³-hybridized carbons (Fsp3) is 0.182. The zero-order valence-electron chi connectivity index (χ0n) is 14.8. The number of nitrogens with zero attached hydrogens (tertiary/aromatic N) is 2. The second kappa shape index (κ2) is 8.11. The highest BCUT2D eigenvalue weighted by Crippen LogP contribution is 2.32. The van der Waals surface area contributed by atoms with Crippen molar-refractivity contribution in [3.8, 4) is 0 Å². The maximum Gasteiger partial charge on any atom is 0.250 e. The molecule has 2 aromatic carbocycles. The van der Waals surface area contributed by atoms with E-state index in [-0.39, 0.29) is 11.2 Å². The minimum absolute atomic E-state index is 0.0177. The van der Waals surface area contributed by atoms with Crippen LogP contribution in [-0.4, -0.2) is 22.0 Å². The molecule has 2 aliphatic rings. The van der Waals surface area contributed by atoms with Crippen molar-refractivity contribution < 1.29 is 4.79 Å². The number of rotatable bonds is 4. The van der Waals surface area contributed by atoms with E-state index in [4.69, 9.17) is 12.2 Å². The minimum atomic E-state index is -0.268. The summed E-state index contributed by atoms with van der Waals surface area (Å²) in [4.78, 5) is 16.6. The number of carbonyl (C=O) groups excluding carboxylic acids is 1. The molecule has 1 atom stereocenters. The second-order valence-electron chi connectivity index (χ2n) is 6.47. The molecule has 1 amide bonds. The van der Waals surface area contributed by atoms with Crippen molar-refractivity contribution in [2.45, 2.75) is 18.1 Å². The fourth-order valence-electron chi connectivity index (χ4n) is 3.40. The predicted octanol–water partition coefficient (Wildman–Crippen LogP) is 4.94. The number of amides is 1. The van der Waals surface area contributed by atoms with Gasteiger partial charge in [0.05, 0.1) is 5.69 Å². The van der Waals surface area contributed by atoms with E-state index < -0.39 is 0 Å². The Morgan fingerprint density at radius 1 is 1.04 bits per heavy atom. The van der Waals surface area contributed by atoms with Crippen LogP contribution in [0.3, 0.4) is 0 Å². The maximum absolute atomic E-state index is 12.7. The van der Waals surface area contributed by atoms with Crippen LogP contribution in [0.5, 0.6) is 0 Å². The van der Waals surface area contributed by atoms with Crippen LogP contribution in [0.4, 0.5) is 11.4 Å². The van der Waals surface area contributed by atoms with Crippen molar-refractivity contribution in [2.75, 3.05) is 16.3 Å². The molecule has 1 unspecified atom stereocenters. The van der Waals surface area contributed by atoms with Crippen LogP contribution in [0.15, 0.2) is 79.0 Å². The van der Waals surface area contributed by atoms with Crippen LogP contribution < -0.4 is 9.80 Å². The topological polar surface area (TPSA) is 23.6 Å². The Bertz CT molecular complexity index is 908. The van der Waals surface area contributed by atoms with Gasteiger partial charge in [-0.25, -0.2) is 0 Å². The number of fused-ring (bicyclic) bond motifs is 1. The molecule has 2 aromatic rings. The highest BCUT2D eigenvalue weighted by atomic mass is 32.2. The van der Waals surface area contributed by atoms with Gasteiger partial charge in [0.1, 0.15) is 9.57 Å². The number of allylic oxidation sites excluding steroid dienone is 2. The highest BCUT2D eigenvalue weighted by Gasteiger charge is 2.36. The Morgan fingerprint density at radius 2 is 1.81 bits per heavy atom. The fourth-order valence-corrected chi connectivity index (χ4v) is 4.80. The molecule has 0 bridgehead atoms. The average Bonchev–Trinajstić information content (AvgIpc) is 2.99. The molecule has 1 saturated heterocycles. The Balaban J connectivity index is 1.43. The van der Waals surface area contributed by atoms with E-state index in [0.717, 1.165) is 25.1 Å². The molecule has 4 rings (SSSR count). The van der Waals surface area contributed by atoms with E-state index in [1.54, 1.807) is 4.90 Å². The van der Waals surface area contributed by atoms with Crippen molar-refractivity contribution in [3.05, 3.63) is 84.6 Å². The van der Waals surface area contributed by atoms with Crippen LogP contribution in [-0.2, 0) is 11.2 Å². The third-order valence-corrected chi connectivity index (χ3v) is 6.17. The van der Waals surface area contributed by atoms with Gasteiger partial charge in [0.15, 0.2) is 0 Å². The molecule has 0 N–H and O–H groups in total. The Kier molecular flexibility index (Phi) is 5.41. The lowest BCUT2D eigenvalue weighted by molar-refractivity contribution is -0.116. The van der Waals surface area contributed by atoms with Gasteiger partial charge in [-0.2, -0.15) is 0 Å². The summed E-state index contributed by atoms with van der Waals surface area (Å²) >= 11 is 6.83. The first kappa shape index (κ1) is 18.0. The van der Waals surface area contributed by atoms with Gasteiger partial charge in [-0.05, 0) is 42.7 Å². The number of aryl methyl sites for hydroxylation is 1. The van der Waals surface area contributed by atoms with E-state index in [1.165, 1.54) is 23.0 Å². The van der Waals surface area contributed by atoms with Crippen LogP contribution >= 0.6 is 24.0 Å². The van der Waals surface area contributed by atoms with Crippen LogP contribution in [0.1, 0.15) is 12.0 Å². The summed E-state index contributed by atoms with van der Waals surface area (Å²) in [5, 5.41) is -0.268. The lowest BCUT2D eigenvalue weighted by atomic mass is 10.0. The van der Waals surface area contributed by atoms with Gasteiger partial charge in [-0.3, -0.25) is 9.69 Å². The summed E-state index contributed by atoms with van der Waals surface area (Å²) in [6.07, 6.45) is 10.3. The van der Waals surface area contributed by atoms with E-state index in [0.29, 0.717) is 4.32 Å². The number of para-hydroxylation sites is 2. The first-order valence-corrected chi connectivity index (χ1v) is 10.3. The van der Waals surface area contributed by atoms with Crippen LogP contribution in [0.2, 0.25) is 0 Å². The van der Waals surface area contributed by atoms with Crippen molar-refractivity contribution in [3.63, 3.8) is 0 Å². The second-order valence-corrected chi connectivity index (χ2v) is 8.24. The summed E-state index contributed by atoms with van der Waals surface area (Å²) in [6, 6.07) is 18.1. The Morgan fingerprint density at radius 3 is 2.67 bits per heavy atom. The molecule has 0 spiro atoms. The monoisotopic (exact) mass is 392 g/mol. The van der Waals surface area contributed by atoms with E-state index in [1.807, 2.05) is 48.6 Å². The Hall–Kier alpha value is -2.37. The zero-order chi connectivity index (χ0) is 18.6. The largest absolute Gasteiger partial charge is 0.348 e. The van der Waals surface area contributed by atoms with E-state index in [9.17, 15) is 4.79 Å². The van der Waals surface area contributed by atoms with Crippen molar-refractivity contribution in [1.29, 1.82) is 0 Å². The highest BCUT2D eigenvalue weighted by molar-refractivity contribution is 8.25. The van der Waals surface area contributed by atoms with E-state index >= 15 is 0 Å². The number of anilines is 2. The summed E-state index contributed by atoms with van der Waals surface area (Å²) in [7, 11) is 0. The van der Waals surface area contributed by atoms with Crippen molar-refractivity contribution in [2.24, 2.45) is 0 Å². The first-order valence-electron chi connectivity index (χ1n) is 9.03. The SMILES string of the molecule is O=C1C(C=CC=CN2CCCc3ccccc32)SC(=S)N1c1ccccc1. The van der Waals surface area contributed by atoms with Gasteiger partial charge in [0.25, 0.3) is 0 Å². The number of carbonyl (C=O) groups is 1. The van der Waals surface area contributed by atoms with Crippen molar-refractivity contribution in [1.82, 2.24) is 0 Å². The molecular weight excluding hydrogens is 372 g/mol. The molecule has 0 radical (unpaired) electrons. The normalized spacial score (nSPS) is 20.1. The zero-order valence-corrected chi connectivity index (χ0v) is 16.5. The molecule has 0 saturated carbocycles. The summed E-state index contributed by atoms with van der Waals surface area (Å²) in [5.74, 6) is 0.0177. The van der Waals surface area contributed by atoms with Gasteiger partial charge >= 0.3 is 0 Å². The molecular formula is C22H20N2OS2. The number of thioether (sulfide) groups is 1. The molecule has 2 aliphatic heterocycles. The molecule has 0 aromatic heterocycles. The first-order chi connectivity index (χ1) is 13.2. The lowest BCUT2D eigenvalue weighted by Gasteiger charge is -2.27. The molecule has 3 nitrogen and oxygen atoms in total. The average molecular weight is 393 g/mol. The third-order valence-electron chi connectivity index (χ3n) is 4.70. The quantitative estimate of drug-likeness (QED) is 0.543. The number of hydrogen-bond acceptors (Lipinski definition) is 4. The molecule has 27 heavy (non-hydrogen) atoms. The number of hydrogen-bond donors (Lipinski definition) is 0. The standard InChI is InChI=1S/C22H20N2OS2/c25-21-20(27-22(26)24(21)18-11-2-1-3-12-18)14-6-7-15-23-16-8-10-17-9-4-5-13-19(17)23/h1-7,9,11-15,20H,8,10,16H2. The van der Waals surface area contributed by atoms with Crippen LogP contribution in [0, 0.1) is 0 Å². The number of benzene rings is 2. The van der Waals surface area contributed by atoms with Gasteiger partial charge < -0.3 is 4.90 Å². The molecule has 0 aliphatic carbocycles. The van der Waals surface area contributed by atoms with Crippen molar-refractivity contribution >= 4 is 45.6 Å². The molecule has 2 heterocycles. The molecule has 136 valence electrons. The molecule has 5 heteroatoms. The molecule has 1 fully saturated rings. The maximum atomic E-state index is 12.7. The Labute approximate surface area is 169 Å². The summed E-state index contributed by atoms with van der Waals surface area (Å²) in [5.41, 5.74) is 3.50. The number of thiocarbonyl (C=S) groups is 1. The van der Waals surface area contributed by atoms with E-state index in [2.05, 4.69) is 35.4 Å². The summed E-state index contributed by atoms with van der Waals surface area (Å²) < 4.78 is 0.606. The van der Waals surface area contributed by atoms with Gasteiger partial charge in [0, 0.05) is 18.4 Å². The summed E-state index contributed by atoms with van der Waals surface area (Å²) in [6.45, 7) is 1.02. The smallest absolute Gasteiger partial charge is 0.250 e. The van der Waals surface area contributed by atoms with Gasteiger partial charge in [-0.1, -0.05) is 72.5 Å². The predicted molar refractivity (Wildman–Crippen MR) is 118 cm³/mol. The third kappa shape index (κ3) is 3.84. The lowest BCUT2D eigenvalue weighted by Crippen LogP contribution is -2.30. The minimum Gasteiger partial charge on any atom is -0.348 e. The van der Waals surface area contributed by atoms with Gasteiger partial charge in [0.2, 0.25) is 5.91 Å². The van der Waals surface area contributed by atoms with Crippen LogP contribution in [0.25, 0.3) is 0 Å². The van der Waals surface area contributed by atoms with Gasteiger partial charge in [-0.15, -0.1) is 0 Å².